The van der Waals surface area contributed by atoms with Crippen LogP contribution in [0.3, 0.4) is 0 Å². The minimum absolute atomic E-state index is 0.200. The summed E-state index contributed by atoms with van der Waals surface area (Å²) in [4.78, 5) is 2.63. The Labute approximate surface area is 131 Å². The molecule has 1 rings (SSSR count). The second kappa shape index (κ2) is 9.26. The van der Waals surface area contributed by atoms with Crippen LogP contribution in [0.5, 0.6) is 0 Å². The Morgan fingerprint density at radius 1 is 1.14 bits per heavy atom. The molecule has 3 nitrogen and oxygen atoms in total. The molecule has 122 valence electrons. The molecule has 0 fully saturated rings. The molecule has 0 aliphatic rings. The summed E-state index contributed by atoms with van der Waals surface area (Å²) < 4.78 is 5.62. The largest absolute Gasteiger partial charge is 0.469 e. The van der Waals surface area contributed by atoms with Gasteiger partial charge in [0.15, 0.2) is 0 Å². The van der Waals surface area contributed by atoms with Gasteiger partial charge in [-0.25, -0.2) is 0 Å². The highest BCUT2D eigenvalue weighted by atomic mass is 16.3. The van der Waals surface area contributed by atoms with Crippen LogP contribution < -0.4 is 5.32 Å². The van der Waals surface area contributed by atoms with E-state index < -0.39 is 0 Å². The van der Waals surface area contributed by atoms with Crippen molar-refractivity contribution in [1.82, 2.24) is 10.2 Å². The predicted octanol–water partition coefficient (Wildman–Crippen LogP) is 4.09. The minimum Gasteiger partial charge on any atom is -0.469 e. The fraction of sp³-hybridized carbons (Fsp3) is 0.778. The SMILES string of the molecule is CCCNC(Cc1ccco1)C(CC)(CC)N(CC)CC. The van der Waals surface area contributed by atoms with Crippen LogP contribution in [0.1, 0.15) is 59.6 Å². The highest BCUT2D eigenvalue weighted by Crippen LogP contribution is 2.30. The zero-order chi connectivity index (χ0) is 15.7. The lowest BCUT2D eigenvalue weighted by Gasteiger charge is -2.48. The van der Waals surface area contributed by atoms with E-state index in [1.807, 2.05) is 6.07 Å². The van der Waals surface area contributed by atoms with Gasteiger partial charge < -0.3 is 9.73 Å². The van der Waals surface area contributed by atoms with Gasteiger partial charge in [-0.15, -0.1) is 0 Å². The summed E-state index contributed by atoms with van der Waals surface area (Å²) in [7, 11) is 0. The van der Waals surface area contributed by atoms with Gasteiger partial charge in [0.25, 0.3) is 0 Å². The second-order valence-corrected chi connectivity index (χ2v) is 5.77. The van der Waals surface area contributed by atoms with Crippen molar-refractivity contribution in [2.24, 2.45) is 0 Å². The Morgan fingerprint density at radius 3 is 2.24 bits per heavy atom. The molecule has 1 atom stereocenters. The second-order valence-electron chi connectivity index (χ2n) is 5.77. The first-order valence-electron chi connectivity index (χ1n) is 8.69. The summed E-state index contributed by atoms with van der Waals surface area (Å²) in [6.45, 7) is 14.7. The zero-order valence-electron chi connectivity index (χ0n) is 14.6. The maximum absolute atomic E-state index is 5.62. The van der Waals surface area contributed by atoms with E-state index in [1.54, 1.807) is 6.26 Å². The maximum atomic E-state index is 5.62. The molecule has 0 aromatic carbocycles. The molecule has 3 heteroatoms. The Balaban J connectivity index is 3.03. The van der Waals surface area contributed by atoms with Crippen molar-refractivity contribution in [3.63, 3.8) is 0 Å². The van der Waals surface area contributed by atoms with Crippen LogP contribution in [0.25, 0.3) is 0 Å². The predicted molar refractivity (Wildman–Crippen MR) is 90.7 cm³/mol. The van der Waals surface area contributed by atoms with Crippen LogP contribution in [0, 0.1) is 0 Å². The van der Waals surface area contributed by atoms with Crippen molar-refractivity contribution >= 4 is 0 Å². The molecular formula is C18H34N2O. The molecule has 0 amide bonds. The Bertz CT molecular complexity index is 353. The van der Waals surface area contributed by atoms with Gasteiger partial charge in [0.1, 0.15) is 5.76 Å². The maximum Gasteiger partial charge on any atom is 0.105 e. The molecule has 1 unspecified atom stereocenters. The third-order valence-corrected chi connectivity index (χ3v) is 4.89. The van der Waals surface area contributed by atoms with Crippen molar-refractivity contribution < 1.29 is 4.42 Å². The smallest absolute Gasteiger partial charge is 0.105 e. The quantitative estimate of drug-likeness (QED) is 0.666. The Kier molecular flexibility index (Phi) is 8.05. The summed E-state index contributed by atoms with van der Waals surface area (Å²) in [5.41, 5.74) is 0.200. The van der Waals surface area contributed by atoms with Crippen molar-refractivity contribution in [2.45, 2.75) is 71.9 Å². The fourth-order valence-electron chi connectivity index (χ4n) is 3.66. The van der Waals surface area contributed by atoms with Crippen LogP contribution in [-0.2, 0) is 6.42 Å². The number of nitrogens with zero attached hydrogens (tertiary/aromatic N) is 1. The Morgan fingerprint density at radius 2 is 1.81 bits per heavy atom. The van der Waals surface area contributed by atoms with Crippen LogP contribution in [0.4, 0.5) is 0 Å². The van der Waals surface area contributed by atoms with Crippen molar-refractivity contribution in [3.8, 4) is 0 Å². The molecule has 0 radical (unpaired) electrons. The first-order chi connectivity index (χ1) is 10.2. The summed E-state index contributed by atoms with van der Waals surface area (Å²) in [6, 6.07) is 4.51. The monoisotopic (exact) mass is 294 g/mol. The molecule has 0 spiro atoms. The van der Waals surface area contributed by atoms with Crippen LogP contribution in [0.15, 0.2) is 22.8 Å². The molecule has 1 aromatic heterocycles. The lowest BCUT2D eigenvalue weighted by molar-refractivity contribution is 0.0475. The van der Waals surface area contributed by atoms with Gasteiger partial charge in [0, 0.05) is 18.0 Å². The molecule has 1 heterocycles. The topological polar surface area (TPSA) is 28.4 Å². The van der Waals surface area contributed by atoms with E-state index >= 15 is 0 Å². The van der Waals surface area contributed by atoms with Gasteiger partial charge in [-0.3, -0.25) is 4.90 Å². The lowest BCUT2D eigenvalue weighted by atomic mass is 9.80. The van der Waals surface area contributed by atoms with Crippen molar-refractivity contribution in [1.29, 1.82) is 0 Å². The first-order valence-corrected chi connectivity index (χ1v) is 8.69. The van der Waals surface area contributed by atoms with E-state index in [4.69, 9.17) is 4.42 Å². The van der Waals surface area contributed by atoms with Gasteiger partial charge in [0.2, 0.25) is 0 Å². The van der Waals surface area contributed by atoms with E-state index in [0.29, 0.717) is 6.04 Å². The number of nitrogens with one attached hydrogen (secondary N) is 1. The standard InChI is InChI=1S/C18H34N2O/c1-6-13-19-17(15-16-12-11-14-21-16)18(7-2,8-3)20(9-4)10-5/h11-12,14,17,19H,6-10,13,15H2,1-5H3. The first kappa shape index (κ1) is 18.2. The summed E-state index contributed by atoms with van der Waals surface area (Å²) in [6.07, 6.45) is 6.23. The van der Waals surface area contributed by atoms with Crippen LogP contribution in [-0.4, -0.2) is 36.1 Å². The van der Waals surface area contributed by atoms with Gasteiger partial charge >= 0.3 is 0 Å². The number of likely N-dealkylation sites (N-methyl/N-ethyl adjacent to an activating group) is 1. The van der Waals surface area contributed by atoms with Crippen LogP contribution >= 0.6 is 0 Å². The van der Waals surface area contributed by atoms with E-state index in [-0.39, 0.29) is 5.54 Å². The number of furan rings is 1. The van der Waals surface area contributed by atoms with Gasteiger partial charge in [-0.05, 0) is 51.0 Å². The van der Waals surface area contributed by atoms with Gasteiger partial charge in [-0.2, -0.15) is 0 Å². The molecular weight excluding hydrogens is 260 g/mol. The van der Waals surface area contributed by atoms with E-state index in [9.17, 15) is 0 Å². The minimum atomic E-state index is 0.200. The average molecular weight is 294 g/mol. The summed E-state index contributed by atoms with van der Waals surface area (Å²) >= 11 is 0. The average Bonchev–Trinajstić information content (AvgIpc) is 3.02. The van der Waals surface area contributed by atoms with Gasteiger partial charge in [0.05, 0.1) is 6.26 Å². The van der Waals surface area contributed by atoms with Gasteiger partial charge in [-0.1, -0.05) is 34.6 Å². The van der Waals surface area contributed by atoms with Crippen molar-refractivity contribution in [3.05, 3.63) is 24.2 Å². The third-order valence-electron chi connectivity index (χ3n) is 4.89. The third kappa shape index (κ3) is 4.33. The number of hydrogen-bond donors (Lipinski definition) is 1. The molecule has 0 aliphatic carbocycles. The molecule has 1 N–H and O–H groups in total. The number of rotatable bonds is 11. The summed E-state index contributed by atoms with van der Waals surface area (Å²) in [5, 5.41) is 3.80. The zero-order valence-corrected chi connectivity index (χ0v) is 14.6. The molecule has 0 aliphatic heterocycles. The van der Waals surface area contributed by atoms with Crippen LogP contribution in [0.2, 0.25) is 0 Å². The normalized spacial score (nSPS) is 13.8. The fourth-order valence-corrected chi connectivity index (χ4v) is 3.66. The summed E-state index contributed by atoms with van der Waals surface area (Å²) in [5.74, 6) is 1.09. The number of hydrogen-bond acceptors (Lipinski definition) is 3. The lowest BCUT2D eigenvalue weighted by Crippen LogP contribution is -2.61. The van der Waals surface area contributed by atoms with E-state index in [1.165, 1.54) is 0 Å². The highest BCUT2D eigenvalue weighted by molar-refractivity contribution is 5.07. The highest BCUT2D eigenvalue weighted by Gasteiger charge is 2.39. The van der Waals surface area contributed by atoms with Crippen molar-refractivity contribution in [2.75, 3.05) is 19.6 Å². The Hall–Kier alpha value is -0.800. The molecule has 0 saturated heterocycles. The molecule has 0 bridgehead atoms. The van der Waals surface area contributed by atoms with E-state index in [0.717, 1.165) is 51.1 Å². The molecule has 21 heavy (non-hydrogen) atoms. The molecule has 0 saturated carbocycles. The molecule has 1 aromatic rings. The van der Waals surface area contributed by atoms with E-state index in [2.05, 4.69) is 50.9 Å².